The van der Waals surface area contributed by atoms with Crippen LogP contribution in [-0.2, 0) is 6.54 Å². The second-order valence-corrected chi connectivity index (χ2v) is 5.72. The van der Waals surface area contributed by atoms with Gasteiger partial charge in [0, 0.05) is 9.85 Å². The van der Waals surface area contributed by atoms with Crippen molar-refractivity contribution in [1.82, 2.24) is 4.98 Å². The first-order valence-corrected chi connectivity index (χ1v) is 6.80. The molecule has 84 valence electrons. The summed E-state index contributed by atoms with van der Waals surface area (Å²) in [5, 5.41) is 7.11. The van der Waals surface area contributed by atoms with Crippen molar-refractivity contribution >= 4 is 44.6 Å². The minimum atomic E-state index is 0.695. The van der Waals surface area contributed by atoms with Crippen LogP contribution >= 0.6 is 38.9 Å². The number of aromatic nitrogens is 1. The lowest BCUT2D eigenvalue weighted by atomic mass is 10.3. The summed E-state index contributed by atoms with van der Waals surface area (Å²) in [6.45, 7) is 2.70. The normalized spacial score (nSPS) is 10.4. The van der Waals surface area contributed by atoms with Crippen LogP contribution in [0.15, 0.2) is 28.1 Å². The molecule has 16 heavy (non-hydrogen) atoms. The Kier molecular flexibility index (Phi) is 3.84. The van der Waals surface area contributed by atoms with Crippen LogP contribution in [0.2, 0.25) is 5.02 Å². The van der Waals surface area contributed by atoms with Crippen molar-refractivity contribution in [2.75, 3.05) is 5.32 Å². The average Bonchev–Trinajstić information content (AvgIpc) is 2.66. The van der Waals surface area contributed by atoms with E-state index in [9.17, 15) is 0 Å². The van der Waals surface area contributed by atoms with Gasteiger partial charge in [-0.15, -0.1) is 11.3 Å². The van der Waals surface area contributed by atoms with Crippen molar-refractivity contribution in [2.24, 2.45) is 0 Å². The van der Waals surface area contributed by atoms with Gasteiger partial charge in [0.2, 0.25) is 0 Å². The maximum absolute atomic E-state index is 6.07. The highest BCUT2D eigenvalue weighted by molar-refractivity contribution is 9.10. The summed E-state index contributed by atoms with van der Waals surface area (Å²) in [7, 11) is 0. The monoisotopic (exact) mass is 316 g/mol. The molecule has 0 aliphatic rings. The number of thiazole rings is 1. The fraction of sp³-hybridized carbons (Fsp3) is 0.182. The summed E-state index contributed by atoms with van der Waals surface area (Å²) in [6, 6.07) is 5.74. The Morgan fingerprint density at radius 1 is 1.50 bits per heavy atom. The summed E-state index contributed by atoms with van der Waals surface area (Å²) in [5.41, 5.74) is 1.96. The number of rotatable bonds is 3. The molecule has 0 spiro atoms. The zero-order valence-electron chi connectivity index (χ0n) is 8.63. The van der Waals surface area contributed by atoms with Crippen LogP contribution in [0, 0.1) is 6.92 Å². The van der Waals surface area contributed by atoms with E-state index in [1.54, 1.807) is 11.3 Å². The molecule has 0 unspecified atom stereocenters. The van der Waals surface area contributed by atoms with Gasteiger partial charge in [-0.3, -0.25) is 0 Å². The molecule has 1 N–H and O–H groups in total. The zero-order chi connectivity index (χ0) is 11.5. The van der Waals surface area contributed by atoms with Crippen molar-refractivity contribution in [3.05, 3.63) is 43.8 Å². The summed E-state index contributed by atoms with van der Waals surface area (Å²) in [5.74, 6) is 0. The van der Waals surface area contributed by atoms with E-state index >= 15 is 0 Å². The number of benzene rings is 1. The smallest absolute Gasteiger partial charge is 0.0898 e. The first kappa shape index (κ1) is 11.9. The largest absolute Gasteiger partial charge is 0.378 e. The lowest BCUT2D eigenvalue weighted by Gasteiger charge is -2.07. The van der Waals surface area contributed by atoms with E-state index in [0.29, 0.717) is 6.54 Å². The second-order valence-electron chi connectivity index (χ2n) is 3.34. The molecule has 0 atom stereocenters. The zero-order valence-corrected chi connectivity index (χ0v) is 11.8. The number of hydrogen-bond donors (Lipinski definition) is 1. The Labute approximate surface area is 112 Å². The average molecular weight is 318 g/mol. The van der Waals surface area contributed by atoms with Gasteiger partial charge in [0.15, 0.2) is 0 Å². The van der Waals surface area contributed by atoms with E-state index in [1.165, 1.54) is 0 Å². The third-order valence-corrected chi connectivity index (χ3v) is 3.70. The molecule has 1 heterocycles. The van der Waals surface area contributed by atoms with Gasteiger partial charge in [0.05, 0.1) is 28.0 Å². The third-order valence-electron chi connectivity index (χ3n) is 2.05. The lowest BCUT2D eigenvalue weighted by Crippen LogP contribution is -2.00. The predicted molar refractivity (Wildman–Crippen MR) is 73.3 cm³/mol. The maximum atomic E-state index is 6.07. The van der Waals surface area contributed by atoms with Gasteiger partial charge >= 0.3 is 0 Å². The fourth-order valence-corrected chi connectivity index (χ4v) is 2.47. The summed E-state index contributed by atoms with van der Waals surface area (Å²) < 4.78 is 1.01. The van der Waals surface area contributed by atoms with E-state index in [1.807, 2.05) is 30.5 Å². The van der Waals surface area contributed by atoms with Crippen LogP contribution in [0.25, 0.3) is 0 Å². The van der Waals surface area contributed by atoms with Crippen molar-refractivity contribution in [3.63, 3.8) is 0 Å². The van der Waals surface area contributed by atoms with E-state index < -0.39 is 0 Å². The molecular weight excluding hydrogens is 308 g/mol. The Morgan fingerprint density at radius 2 is 2.31 bits per heavy atom. The minimum Gasteiger partial charge on any atom is -0.378 e. The highest BCUT2D eigenvalue weighted by atomic mass is 79.9. The molecule has 0 aliphatic carbocycles. The molecular formula is C11H10BrClN2S. The van der Waals surface area contributed by atoms with E-state index in [4.69, 9.17) is 11.6 Å². The summed E-state index contributed by atoms with van der Waals surface area (Å²) in [6.07, 6.45) is 0. The highest BCUT2D eigenvalue weighted by Gasteiger charge is 2.02. The number of halogens is 2. The first-order valence-electron chi connectivity index (χ1n) is 4.75. The minimum absolute atomic E-state index is 0.695. The standard InChI is InChI=1S/C11H10BrClN2S/c1-7-15-9(6-16-7)5-14-11-4-8(12)2-3-10(11)13/h2-4,6,14H,5H2,1H3. The summed E-state index contributed by atoms with van der Waals surface area (Å²) in [4.78, 5) is 4.38. The van der Waals surface area contributed by atoms with Crippen LogP contribution in [0.3, 0.4) is 0 Å². The molecule has 0 amide bonds. The molecule has 2 rings (SSSR count). The van der Waals surface area contributed by atoms with Crippen molar-refractivity contribution < 1.29 is 0 Å². The molecule has 0 saturated heterocycles. The number of nitrogens with one attached hydrogen (secondary N) is 1. The quantitative estimate of drug-likeness (QED) is 0.903. The van der Waals surface area contributed by atoms with Gasteiger partial charge in [-0.2, -0.15) is 0 Å². The predicted octanol–water partition coefficient (Wildman–Crippen LogP) is 4.48. The SMILES string of the molecule is Cc1nc(CNc2cc(Br)ccc2Cl)cs1. The van der Waals surface area contributed by atoms with E-state index in [2.05, 4.69) is 26.2 Å². The van der Waals surface area contributed by atoms with Crippen LogP contribution in [0.4, 0.5) is 5.69 Å². The van der Waals surface area contributed by atoms with Gasteiger partial charge in [0.25, 0.3) is 0 Å². The molecule has 2 aromatic rings. The van der Waals surface area contributed by atoms with Gasteiger partial charge in [0.1, 0.15) is 0 Å². The van der Waals surface area contributed by atoms with E-state index in [0.717, 1.165) is 25.9 Å². The number of hydrogen-bond acceptors (Lipinski definition) is 3. The van der Waals surface area contributed by atoms with Crippen LogP contribution in [0.5, 0.6) is 0 Å². The van der Waals surface area contributed by atoms with Gasteiger partial charge in [-0.1, -0.05) is 27.5 Å². The van der Waals surface area contributed by atoms with Crippen LogP contribution in [0.1, 0.15) is 10.7 Å². The Bertz CT molecular complexity index is 498. The maximum Gasteiger partial charge on any atom is 0.0898 e. The first-order chi connectivity index (χ1) is 7.65. The third kappa shape index (κ3) is 2.97. The molecule has 2 nitrogen and oxygen atoms in total. The van der Waals surface area contributed by atoms with Crippen molar-refractivity contribution in [1.29, 1.82) is 0 Å². The topological polar surface area (TPSA) is 24.9 Å². The Balaban J connectivity index is 2.07. The van der Waals surface area contributed by atoms with Crippen molar-refractivity contribution in [3.8, 4) is 0 Å². The van der Waals surface area contributed by atoms with Gasteiger partial charge in [-0.05, 0) is 25.1 Å². The molecule has 0 fully saturated rings. The molecule has 0 bridgehead atoms. The lowest BCUT2D eigenvalue weighted by molar-refractivity contribution is 1.05. The molecule has 1 aromatic carbocycles. The number of anilines is 1. The molecule has 1 aromatic heterocycles. The Morgan fingerprint density at radius 3 is 3.00 bits per heavy atom. The highest BCUT2D eigenvalue weighted by Crippen LogP contribution is 2.26. The molecule has 0 saturated carbocycles. The van der Waals surface area contributed by atoms with E-state index in [-0.39, 0.29) is 0 Å². The van der Waals surface area contributed by atoms with Crippen LogP contribution in [-0.4, -0.2) is 4.98 Å². The van der Waals surface area contributed by atoms with Gasteiger partial charge in [-0.25, -0.2) is 4.98 Å². The summed E-state index contributed by atoms with van der Waals surface area (Å²) >= 11 is 11.1. The molecule has 0 aliphatic heterocycles. The van der Waals surface area contributed by atoms with Gasteiger partial charge < -0.3 is 5.32 Å². The Hall–Kier alpha value is -0.580. The second kappa shape index (κ2) is 5.17. The number of aryl methyl sites for hydroxylation is 1. The van der Waals surface area contributed by atoms with Crippen molar-refractivity contribution in [2.45, 2.75) is 13.5 Å². The molecule has 5 heteroatoms. The molecule has 0 radical (unpaired) electrons. The number of nitrogens with zero attached hydrogens (tertiary/aromatic N) is 1. The fourth-order valence-electron chi connectivity index (χ4n) is 1.31. The van der Waals surface area contributed by atoms with Crippen LogP contribution < -0.4 is 5.32 Å².